The average molecular weight is 502 g/mol. The van der Waals surface area contributed by atoms with Crippen LogP contribution < -0.4 is 9.64 Å². The summed E-state index contributed by atoms with van der Waals surface area (Å²) in [7, 11) is 0. The molecular weight excluding hydrogens is 485 g/mol. The number of carbonyl (C=O) groups excluding carboxylic acids is 2. The summed E-state index contributed by atoms with van der Waals surface area (Å²) in [6, 6.07) is 21.3. The Bertz CT molecular complexity index is 1130. The number of para-hydroxylation sites is 2. The summed E-state index contributed by atoms with van der Waals surface area (Å²) in [6.07, 6.45) is 0. The van der Waals surface area contributed by atoms with Gasteiger partial charge in [-0.15, -0.1) is 0 Å². The minimum Gasteiger partial charge on any atom is -0.492 e. The number of halogens is 2. The second-order valence-corrected chi connectivity index (χ2v) is 9.66. The van der Waals surface area contributed by atoms with Gasteiger partial charge >= 0.3 is 0 Å². The minimum absolute atomic E-state index is 0.351. The second kappa shape index (κ2) is 10.0. The number of thioether (sulfide) groups is 2. The van der Waals surface area contributed by atoms with E-state index in [4.69, 9.17) is 27.9 Å². The van der Waals surface area contributed by atoms with Crippen molar-refractivity contribution in [2.45, 2.75) is 16.7 Å². The highest BCUT2D eigenvalue weighted by atomic mass is 35.5. The van der Waals surface area contributed by atoms with E-state index < -0.39 is 11.8 Å². The van der Waals surface area contributed by atoms with Crippen molar-refractivity contribution in [1.29, 1.82) is 0 Å². The van der Waals surface area contributed by atoms with Crippen LogP contribution in [0.4, 0.5) is 5.69 Å². The predicted octanol–water partition coefficient (Wildman–Crippen LogP) is 7.06. The van der Waals surface area contributed by atoms with Crippen LogP contribution in [0.3, 0.4) is 0 Å². The fourth-order valence-electron chi connectivity index (χ4n) is 3.05. The van der Waals surface area contributed by atoms with Gasteiger partial charge in [-0.3, -0.25) is 9.59 Å². The van der Waals surface area contributed by atoms with E-state index in [1.54, 1.807) is 48.5 Å². The molecule has 0 bridgehead atoms. The first-order chi connectivity index (χ1) is 15.5. The maximum atomic E-state index is 13.5. The third-order valence-corrected chi connectivity index (χ3v) is 7.29. The Labute approximate surface area is 204 Å². The molecule has 1 aliphatic rings. The third kappa shape index (κ3) is 4.84. The molecule has 2 amide bonds. The molecule has 1 aliphatic heterocycles. The van der Waals surface area contributed by atoms with Gasteiger partial charge in [-0.25, -0.2) is 4.90 Å². The maximum absolute atomic E-state index is 13.5. The van der Waals surface area contributed by atoms with E-state index in [1.165, 1.54) is 28.4 Å². The van der Waals surface area contributed by atoms with Crippen molar-refractivity contribution >= 4 is 64.2 Å². The van der Waals surface area contributed by atoms with Crippen molar-refractivity contribution in [1.82, 2.24) is 0 Å². The van der Waals surface area contributed by atoms with E-state index in [2.05, 4.69) is 0 Å². The molecule has 3 aromatic carbocycles. The number of rotatable bonds is 7. The van der Waals surface area contributed by atoms with Crippen LogP contribution in [0.15, 0.2) is 92.4 Å². The van der Waals surface area contributed by atoms with Crippen LogP contribution >= 0.6 is 46.7 Å². The zero-order valence-corrected chi connectivity index (χ0v) is 20.0. The lowest BCUT2D eigenvalue weighted by Crippen LogP contribution is -2.31. The van der Waals surface area contributed by atoms with E-state index in [9.17, 15) is 9.59 Å². The normalized spacial score (nSPS) is 13.8. The van der Waals surface area contributed by atoms with Gasteiger partial charge in [0, 0.05) is 19.8 Å². The number of hydrogen-bond donors (Lipinski definition) is 0. The molecule has 0 fully saturated rings. The number of amides is 2. The molecule has 32 heavy (non-hydrogen) atoms. The van der Waals surface area contributed by atoms with Crippen LogP contribution in [0.25, 0.3) is 0 Å². The number of ether oxygens (including phenoxy) is 1. The molecule has 0 radical (unpaired) electrons. The zero-order chi connectivity index (χ0) is 22.7. The molecule has 0 saturated heterocycles. The summed E-state index contributed by atoms with van der Waals surface area (Å²) in [5, 5.41) is 1.19. The summed E-state index contributed by atoms with van der Waals surface area (Å²) < 4.78 is 5.67. The molecule has 162 valence electrons. The molecule has 0 aliphatic carbocycles. The van der Waals surface area contributed by atoms with E-state index in [0.29, 0.717) is 37.9 Å². The van der Waals surface area contributed by atoms with Gasteiger partial charge in [0.05, 0.1) is 22.1 Å². The molecule has 0 unspecified atom stereocenters. The van der Waals surface area contributed by atoms with Crippen molar-refractivity contribution in [2.24, 2.45) is 0 Å². The maximum Gasteiger partial charge on any atom is 0.273 e. The molecule has 0 spiro atoms. The van der Waals surface area contributed by atoms with E-state index >= 15 is 0 Å². The van der Waals surface area contributed by atoms with Crippen LogP contribution in [0.2, 0.25) is 10.0 Å². The number of benzene rings is 3. The van der Waals surface area contributed by atoms with Crippen LogP contribution in [0.1, 0.15) is 6.92 Å². The van der Waals surface area contributed by atoms with Gasteiger partial charge < -0.3 is 4.74 Å². The van der Waals surface area contributed by atoms with Crippen LogP contribution in [-0.2, 0) is 9.59 Å². The fraction of sp³-hybridized carbons (Fsp3) is 0.0833. The van der Waals surface area contributed by atoms with Crippen molar-refractivity contribution in [2.75, 3.05) is 11.5 Å². The Morgan fingerprint density at radius 3 is 1.69 bits per heavy atom. The Morgan fingerprint density at radius 1 is 0.750 bits per heavy atom. The molecule has 0 atom stereocenters. The van der Waals surface area contributed by atoms with Crippen LogP contribution in [0.5, 0.6) is 5.75 Å². The van der Waals surface area contributed by atoms with Gasteiger partial charge in [-0.05, 0) is 67.6 Å². The summed E-state index contributed by atoms with van der Waals surface area (Å²) in [5.74, 6) is -0.303. The van der Waals surface area contributed by atoms with Crippen LogP contribution in [-0.4, -0.2) is 18.4 Å². The average Bonchev–Trinajstić information content (AvgIpc) is 3.01. The number of nitrogens with zero attached hydrogens (tertiary/aromatic N) is 1. The van der Waals surface area contributed by atoms with Gasteiger partial charge in [0.2, 0.25) is 0 Å². The minimum atomic E-state index is -0.390. The standard InChI is InChI=1S/C24H17Cl2NO3S2/c1-2-30-20-6-4-3-5-19(20)27-23(28)21(31-17-11-7-15(25)8-12-17)22(24(27)29)32-18-13-9-16(26)10-14-18/h3-14H,2H2,1H3. The van der Waals surface area contributed by atoms with Gasteiger partial charge in [-0.1, -0.05) is 58.9 Å². The fourth-order valence-corrected chi connectivity index (χ4v) is 5.28. The predicted molar refractivity (Wildman–Crippen MR) is 132 cm³/mol. The number of carbonyl (C=O) groups is 2. The van der Waals surface area contributed by atoms with E-state index in [-0.39, 0.29) is 0 Å². The van der Waals surface area contributed by atoms with Crippen molar-refractivity contribution in [3.8, 4) is 5.75 Å². The van der Waals surface area contributed by atoms with Gasteiger partial charge in [-0.2, -0.15) is 0 Å². The van der Waals surface area contributed by atoms with Crippen molar-refractivity contribution < 1.29 is 14.3 Å². The smallest absolute Gasteiger partial charge is 0.273 e. The first-order valence-corrected chi connectivity index (χ1v) is 12.1. The number of hydrogen-bond acceptors (Lipinski definition) is 5. The SMILES string of the molecule is CCOc1ccccc1N1C(=O)C(Sc2ccc(Cl)cc2)=C(Sc2ccc(Cl)cc2)C1=O. The molecule has 0 aromatic heterocycles. The monoisotopic (exact) mass is 501 g/mol. The Morgan fingerprint density at radius 2 is 1.22 bits per heavy atom. The zero-order valence-electron chi connectivity index (χ0n) is 16.9. The highest BCUT2D eigenvalue weighted by Gasteiger charge is 2.41. The molecule has 0 N–H and O–H groups in total. The molecule has 4 nitrogen and oxygen atoms in total. The lowest BCUT2D eigenvalue weighted by atomic mass is 10.2. The summed E-state index contributed by atoms with van der Waals surface area (Å²) in [5.41, 5.74) is 0.422. The lowest BCUT2D eigenvalue weighted by Gasteiger charge is -2.18. The Kier molecular flexibility index (Phi) is 7.16. The molecule has 0 saturated carbocycles. The third-order valence-electron chi connectivity index (χ3n) is 4.47. The van der Waals surface area contributed by atoms with Gasteiger partial charge in [0.15, 0.2) is 0 Å². The van der Waals surface area contributed by atoms with Crippen molar-refractivity contribution in [3.05, 3.63) is 92.7 Å². The number of anilines is 1. The van der Waals surface area contributed by atoms with E-state index in [1.807, 2.05) is 31.2 Å². The summed E-state index contributed by atoms with van der Waals surface area (Å²) in [4.78, 5) is 30.5. The molecule has 4 rings (SSSR count). The highest BCUT2D eigenvalue weighted by Crippen LogP contribution is 2.45. The molecular formula is C24H17Cl2NO3S2. The Hall–Kier alpha value is -2.38. The number of imide groups is 1. The topological polar surface area (TPSA) is 46.6 Å². The molecule has 1 heterocycles. The second-order valence-electron chi connectivity index (χ2n) is 6.62. The first-order valence-electron chi connectivity index (χ1n) is 9.69. The molecule has 8 heteroatoms. The first kappa shape index (κ1) is 22.8. The van der Waals surface area contributed by atoms with E-state index in [0.717, 1.165) is 9.79 Å². The van der Waals surface area contributed by atoms with Gasteiger partial charge in [0.1, 0.15) is 5.75 Å². The van der Waals surface area contributed by atoms with Crippen molar-refractivity contribution in [3.63, 3.8) is 0 Å². The highest BCUT2D eigenvalue weighted by molar-refractivity contribution is 8.08. The summed E-state index contributed by atoms with van der Waals surface area (Å²) in [6.45, 7) is 2.27. The molecule has 3 aromatic rings. The quantitative estimate of drug-likeness (QED) is 0.324. The summed E-state index contributed by atoms with van der Waals surface area (Å²) >= 11 is 14.5. The van der Waals surface area contributed by atoms with Crippen LogP contribution in [0, 0.1) is 0 Å². The lowest BCUT2D eigenvalue weighted by molar-refractivity contribution is -0.120. The largest absolute Gasteiger partial charge is 0.492 e. The van der Waals surface area contributed by atoms with Gasteiger partial charge in [0.25, 0.3) is 11.8 Å². The Balaban J connectivity index is 1.75.